The van der Waals surface area contributed by atoms with Crippen LogP contribution in [0.5, 0.6) is 11.5 Å². The van der Waals surface area contributed by atoms with Crippen molar-refractivity contribution in [1.29, 1.82) is 0 Å². The molecule has 0 unspecified atom stereocenters. The second kappa shape index (κ2) is 8.10. The lowest BCUT2D eigenvalue weighted by Crippen LogP contribution is -2.47. The molecule has 0 saturated carbocycles. The zero-order chi connectivity index (χ0) is 19.3. The van der Waals surface area contributed by atoms with Gasteiger partial charge in [0.2, 0.25) is 0 Å². The number of hydrogen-bond acceptors (Lipinski definition) is 4. The van der Waals surface area contributed by atoms with E-state index < -0.39 is 18.2 Å². The van der Waals surface area contributed by atoms with Gasteiger partial charge in [0.25, 0.3) is 5.91 Å². The molecule has 138 valence electrons. The number of likely N-dealkylation sites (N-methyl/N-ethyl adjacent to an activating group) is 1. The zero-order valence-corrected chi connectivity index (χ0v) is 15.5. The fourth-order valence-electron chi connectivity index (χ4n) is 2.27. The van der Waals surface area contributed by atoms with Gasteiger partial charge < -0.3 is 19.5 Å². The number of benzene rings is 2. The number of carboxylic acid groups (broad SMARTS) is 1. The van der Waals surface area contributed by atoms with Crippen LogP contribution in [0.1, 0.15) is 13.8 Å². The number of ether oxygens (including phenoxy) is 2. The molecule has 2 aromatic rings. The highest BCUT2D eigenvalue weighted by Gasteiger charge is 2.33. The maximum Gasteiger partial charge on any atom is 0.341 e. The Morgan fingerprint density at radius 2 is 1.58 bits per heavy atom. The van der Waals surface area contributed by atoms with E-state index >= 15 is 0 Å². The lowest BCUT2D eigenvalue weighted by atomic mass is 10.1. The number of carbonyl (C=O) groups is 2. The molecule has 0 fully saturated rings. The fraction of sp³-hybridized carbons (Fsp3) is 0.263. The van der Waals surface area contributed by atoms with Gasteiger partial charge in [0.15, 0.2) is 12.2 Å². The average molecular weight is 378 g/mol. The number of amides is 1. The largest absolute Gasteiger partial charge is 0.482 e. The van der Waals surface area contributed by atoms with Crippen LogP contribution >= 0.6 is 11.6 Å². The van der Waals surface area contributed by atoms with E-state index in [2.05, 4.69) is 0 Å². The van der Waals surface area contributed by atoms with Gasteiger partial charge in [-0.25, -0.2) is 4.79 Å². The molecule has 0 aliphatic rings. The van der Waals surface area contributed by atoms with Gasteiger partial charge in [-0.3, -0.25) is 4.79 Å². The molecule has 2 rings (SSSR count). The van der Waals surface area contributed by atoms with Gasteiger partial charge in [0.05, 0.1) is 0 Å². The summed E-state index contributed by atoms with van der Waals surface area (Å²) < 4.78 is 10.9. The minimum atomic E-state index is -1.10. The predicted molar refractivity (Wildman–Crippen MR) is 99.1 cm³/mol. The molecule has 0 heterocycles. The lowest BCUT2D eigenvalue weighted by Gasteiger charge is -2.30. The zero-order valence-electron chi connectivity index (χ0n) is 14.7. The molecular formula is C19H20ClNO5. The number of hydrogen-bond donors (Lipinski definition) is 1. The summed E-state index contributed by atoms with van der Waals surface area (Å²) in [6.45, 7) is 2.95. The first-order valence-electron chi connectivity index (χ1n) is 7.86. The average Bonchev–Trinajstić information content (AvgIpc) is 2.61. The van der Waals surface area contributed by atoms with Crippen molar-refractivity contribution in [2.24, 2.45) is 0 Å². The van der Waals surface area contributed by atoms with Gasteiger partial charge >= 0.3 is 5.97 Å². The van der Waals surface area contributed by atoms with Crippen molar-refractivity contribution < 1.29 is 24.2 Å². The summed E-state index contributed by atoms with van der Waals surface area (Å²) in [5.41, 5.74) is -0.466. The van der Waals surface area contributed by atoms with Gasteiger partial charge in [-0.15, -0.1) is 0 Å². The highest BCUT2D eigenvalue weighted by molar-refractivity contribution is 6.30. The van der Waals surface area contributed by atoms with E-state index in [1.807, 2.05) is 0 Å². The third kappa shape index (κ3) is 5.13. The van der Waals surface area contributed by atoms with Crippen LogP contribution in [0.3, 0.4) is 0 Å². The summed E-state index contributed by atoms with van der Waals surface area (Å²) in [7, 11) is 1.64. The summed E-state index contributed by atoms with van der Waals surface area (Å²) in [6, 6.07) is 13.3. The molecule has 0 bridgehead atoms. The van der Waals surface area contributed by atoms with E-state index in [1.165, 1.54) is 4.90 Å². The minimum absolute atomic E-state index is 0.244. The first-order valence-corrected chi connectivity index (χ1v) is 8.24. The van der Waals surface area contributed by atoms with Gasteiger partial charge in [0.1, 0.15) is 11.5 Å². The Kier molecular flexibility index (Phi) is 6.10. The second-order valence-corrected chi connectivity index (χ2v) is 6.54. The molecular weight excluding hydrogens is 358 g/mol. The summed E-state index contributed by atoms with van der Waals surface area (Å²) in [5.74, 6) is -0.346. The number of halogens is 1. The van der Waals surface area contributed by atoms with Crippen molar-refractivity contribution in [3.05, 3.63) is 53.6 Å². The van der Waals surface area contributed by atoms with Crippen molar-refractivity contribution in [2.75, 3.05) is 18.6 Å². The van der Waals surface area contributed by atoms with Crippen LogP contribution in [-0.4, -0.2) is 36.2 Å². The Morgan fingerprint density at radius 3 is 2.12 bits per heavy atom. The van der Waals surface area contributed by atoms with Crippen LogP contribution in [-0.2, 0) is 9.59 Å². The highest BCUT2D eigenvalue weighted by atomic mass is 35.5. The lowest BCUT2D eigenvalue weighted by molar-refractivity contribution is -0.139. The first-order chi connectivity index (χ1) is 12.2. The number of aliphatic carboxylic acids is 1. The number of carbonyl (C=O) groups excluding carboxylic acids is 1. The third-order valence-electron chi connectivity index (χ3n) is 3.59. The number of anilines is 1. The molecule has 0 aliphatic heterocycles. The molecule has 0 saturated heterocycles. The van der Waals surface area contributed by atoms with Gasteiger partial charge in [0, 0.05) is 17.8 Å². The van der Waals surface area contributed by atoms with E-state index in [0.29, 0.717) is 22.2 Å². The Labute approximate surface area is 156 Å². The van der Waals surface area contributed by atoms with Crippen molar-refractivity contribution in [2.45, 2.75) is 19.4 Å². The Balaban J connectivity index is 2.06. The normalized spacial score (nSPS) is 10.9. The monoisotopic (exact) mass is 377 g/mol. The van der Waals surface area contributed by atoms with Gasteiger partial charge in [-0.2, -0.15) is 0 Å². The van der Waals surface area contributed by atoms with Gasteiger partial charge in [-0.05, 0) is 62.4 Å². The molecule has 0 atom stereocenters. The molecule has 0 spiro atoms. The molecule has 0 aromatic heterocycles. The Bertz CT molecular complexity index is 772. The SMILES string of the molecule is CN(C(=O)C(C)(C)Oc1ccc(Cl)cc1)c1ccc(OCC(=O)O)cc1. The van der Waals surface area contributed by atoms with Crippen LogP contribution < -0.4 is 14.4 Å². The van der Waals surface area contributed by atoms with Crippen molar-refractivity contribution >= 4 is 29.2 Å². The van der Waals surface area contributed by atoms with Crippen LogP contribution in [0.2, 0.25) is 5.02 Å². The van der Waals surface area contributed by atoms with Crippen molar-refractivity contribution in [3.8, 4) is 11.5 Å². The second-order valence-electron chi connectivity index (χ2n) is 6.11. The van der Waals surface area contributed by atoms with Crippen LogP contribution in [0.25, 0.3) is 0 Å². The maximum atomic E-state index is 12.8. The molecule has 0 aliphatic carbocycles. The topological polar surface area (TPSA) is 76.1 Å². The fourth-order valence-corrected chi connectivity index (χ4v) is 2.40. The van der Waals surface area contributed by atoms with Crippen molar-refractivity contribution in [3.63, 3.8) is 0 Å². The minimum Gasteiger partial charge on any atom is -0.482 e. The maximum absolute atomic E-state index is 12.8. The third-order valence-corrected chi connectivity index (χ3v) is 3.84. The van der Waals surface area contributed by atoms with E-state index in [-0.39, 0.29) is 5.91 Å². The Morgan fingerprint density at radius 1 is 1.04 bits per heavy atom. The van der Waals surface area contributed by atoms with E-state index in [9.17, 15) is 9.59 Å². The van der Waals surface area contributed by atoms with Gasteiger partial charge in [-0.1, -0.05) is 11.6 Å². The van der Waals surface area contributed by atoms with Crippen LogP contribution in [0.15, 0.2) is 48.5 Å². The van der Waals surface area contributed by atoms with Crippen LogP contribution in [0, 0.1) is 0 Å². The summed E-state index contributed by atoms with van der Waals surface area (Å²) in [6.07, 6.45) is 0. The summed E-state index contributed by atoms with van der Waals surface area (Å²) in [5, 5.41) is 9.20. The number of rotatable bonds is 7. The molecule has 26 heavy (non-hydrogen) atoms. The smallest absolute Gasteiger partial charge is 0.341 e. The molecule has 7 heteroatoms. The quantitative estimate of drug-likeness (QED) is 0.797. The van der Waals surface area contributed by atoms with E-state index in [4.69, 9.17) is 26.2 Å². The Hall–Kier alpha value is -2.73. The highest BCUT2D eigenvalue weighted by Crippen LogP contribution is 2.25. The molecule has 1 N–H and O–H groups in total. The number of nitrogens with zero attached hydrogens (tertiary/aromatic N) is 1. The molecule has 1 amide bonds. The predicted octanol–water partition coefficient (Wildman–Crippen LogP) is 3.62. The first kappa shape index (κ1) is 19.6. The summed E-state index contributed by atoms with van der Waals surface area (Å²) >= 11 is 5.85. The molecule has 6 nitrogen and oxygen atoms in total. The molecule has 0 radical (unpaired) electrons. The van der Waals surface area contributed by atoms with E-state index in [1.54, 1.807) is 69.4 Å². The summed E-state index contributed by atoms with van der Waals surface area (Å²) in [4.78, 5) is 24.8. The standard InChI is InChI=1S/C19H20ClNO5/c1-19(2,26-16-8-4-13(20)5-9-16)18(24)21(3)14-6-10-15(11-7-14)25-12-17(22)23/h4-11H,12H2,1-3H3,(H,22,23). The van der Waals surface area contributed by atoms with Crippen LogP contribution in [0.4, 0.5) is 5.69 Å². The molecule has 2 aromatic carbocycles. The van der Waals surface area contributed by atoms with E-state index in [0.717, 1.165) is 0 Å². The number of carboxylic acids is 1. The van der Waals surface area contributed by atoms with Crippen molar-refractivity contribution in [1.82, 2.24) is 0 Å².